The van der Waals surface area contributed by atoms with Crippen molar-refractivity contribution in [1.82, 2.24) is 5.32 Å². The summed E-state index contributed by atoms with van der Waals surface area (Å²) in [6.45, 7) is 3.95. The van der Waals surface area contributed by atoms with E-state index in [0.717, 1.165) is 32.3 Å². The summed E-state index contributed by atoms with van der Waals surface area (Å²) in [6.07, 6.45) is 0. The monoisotopic (exact) mass is 406 g/mol. The Hall–Kier alpha value is -2.56. The van der Waals surface area contributed by atoms with Crippen molar-refractivity contribution in [3.05, 3.63) is 88.4 Å². The molecule has 4 rings (SSSR count). The van der Waals surface area contributed by atoms with Crippen LogP contribution in [-0.2, 0) is 0 Å². The van der Waals surface area contributed by atoms with Gasteiger partial charge in [-0.3, -0.25) is 9.79 Å². The summed E-state index contributed by atoms with van der Waals surface area (Å²) in [5, 5.41) is 3.75. The second-order valence-corrected chi connectivity index (χ2v) is 8.25. The minimum absolute atomic E-state index is 0.0708. The number of nitrogens with zero attached hydrogens (tertiary/aromatic N) is 1. The molecular weight excluding hydrogens is 388 g/mol. The van der Waals surface area contributed by atoms with Crippen LogP contribution in [0, 0.1) is 0 Å². The molecule has 0 saturated carbocycles. The molecule has 0 radical (unpaired) electrons. The third-order valence-corrected chi connectivity index (χ3v) is 6.08. The van der Waals surface area contributed by atoms with Crippen LogP contribution in [0.5, 0.6) is 0 Å². The van der Waals surface area contributed by atoms with E-state index in [4.69, 9.17) is 16.6 Å². The minimum atomic E-state index is -0.109. The highest BCUT2D eigenvalue weighted by molar-refractivity contribution is 7.99. The number of carbonyl (C=O) groups excluding carboxylic acids is 1. The Morgan fingerprint density at radius 1 is 1.04 bits per heavy atom. The van der Waals surface area contributed by atoms with Gasteiger partial charge in [0.25, 0.3) is 5.91 Å². The summed E-state index contributed by atoms with van der Waals surface area (Å²) in [4.78, 5) is 19.7. The van der Waals surface area contributed by atoms with Crippen molar-refractivity contribution in [3.63, 3.8) is 0 Å². The van der Waals surface area contributed by atoms with Gasteiger partial charge in [-0.15, -0.1) is 0 Å². The zero-order valence-corrected chi connectivity index (χ0v) is 17.1. The number of aliphatic imine (C=N–C) groups is 1. The number of carbonyl (C=O) groups is 1. The van der Waals surface area contributed by atoms with E-state index in [2.05, 4.69) is 5.32 Å². The Morgan fingerprint density at radius 3 is 2.57 bits per heavy atom. The van der Waals surface area contributed by atoms with E-state index in [1.807, 2.05) is 80.6 Å². The van der Waals surface area contributed by atoms with Gasteiger partial charge in [0.1, 0.15) is 0 Å². The second-order valence-electron chi connectivity index (χ2n) is 6.73. The topological polar surface area (TPSA) is 41.5 Å². The fourth-order valence-corrected chi connectivity index (χ4v) is 4.38. The van der Waals surface area contributed by atoms with Crippen molar-refractivity contribution in [2.75, 3.05) is 0 Å². The van der Waals surface area contributed by atoms with Crippen LogP contribution in [-0.4, -0.2) is 11.6 Å². The third-order valence-electron chi connectivity index (χ3n) is 4.71. The van der Waals surface area contributed by atoms with Gasteiger partial charge in [0, 0.05) is 31.7 Å². The zero-order valence-electron chi connectivity index (χ0n) is 15.6. The molecule has 140 valence electrons. The molecule has 28 heavy (non-hydrogen) atoms. The van der Waals surface area contributed by atoms with Gasteiger partial charge >= 0.3 is 0 Å². The van der Waals surface area contributed by atoms with Crippen molar-refractivity contribution in [2.24, 2.45) is 4.99 Å². The van der Waals surface area contributed by atoms with Crippen LogP contribution >= 0.6 is 23.4 Å². The number of hydrogen-bond acceptors (Lipinski definition) is 3. The lowest BCUT2D eigenvalue weighted by Crippen LogP contribution is -2.26. The molecule has 0 fully saturated rings. The van der Waals surface area contributed by atoms with E-state index in [1.54, 1.807) is 11.8 Å². The van der Waals surface area contributed by atoms with Gasteiger partial charge in [0.05, 0.1) is 11.7 Å². The van der Waals surface area contributed by atoms with Crippen LogP contribution in [0.1, 0.15) is 41.4 Å². The predicted molar refractivity (Wildman–Crippen MR) is 116 cm³/mol. The molecule has 1 N–H and O–H groups in total. The first-order chi connectivity index (χ1) is 13.5. The molecule has 5 heteroatoms. The Morgan fingerprint density at radius 2 is 1.79 bits per heavy atom. The van der Waals surface area contributed by atoms with Crippen LogP contribution in [0.3, 0.4) is 0 Å². The van der Waals surface area contributed by atoms with Crippen molar-refractivity contribution < 1.29 is 4.79 Å². The number of halogens is 1. The first-order valence-corrected chi connectivity index (χ1v) is 10.2. The molecule has 0 saturated heterocycles. The van der Waals surface area contributed by atoms with Gasteiger partial charge in [0.2, 0.25) is 0 Å². The summed E-state index contributed by atoms with van der Waals surface area (Å²) in [6, 6.07) is 21.4. The van der Waals surface area contributed by atoms with E-state index >= 15 is 0 Å². The van der Waals surface area contributed by atoms with Crippen LogP contribution < -0.4 is 5.32 Å². The maximum atomic E-state index is 12.8. The molecule has 1 aliphatic rings. The number of nitrogens with one attached hydrogen (secondary N) is 1. The smallest absolute Gasteiger partial charge is 0.251 e. The second kappa shape index (κ2) is 7.82. The van der Waals surface area contributed by atoms with E-state index in [0.29, 0.717) is 10.6 Å². The number of hydrogen-bond donors (Lipinski definition) is 1. The Kier molecular flexibility index (Phi) is 5.25. The molecule has 0 unspecified atom stereocenters. The number of fused-ring (bicyclic) bond motifs is 2. The van der Waals surface area contributed by atoms with Crippen LogP contribution in [0.4, 0.5) is 5.69 Å². The maximum absolute atomic E-state index is 12.8. The van der Waals surface area contributed by atoms with Crippen molar-refractivity contribution in [3.8, 4) is 0 Å². The summed E-state index contributed by atoms with van der Waals surface area (Å²) in [5.41, 5.74) is 4.39. The average Bonchev–Trinajstić information content (AvgIpc) is 2.84. The van der Waals surface area contributed by atoms with Crippen LogP contribution in [0.25, 0.3) is 0 Å². The number of benzene rings is 3. The Bertz CT molecular complexity index is 1080. The third kappa shape index (κ3) is 3.84. The van der Waals surface area contributed by atoms with Gasteiger partial charge in [-0.1, -0.05) is 53.7 Å². The number of rotatable bonds is 3. The summed E-state index contributed by atoms with van der Waals surface area (Å²) < 4.78 is 0. The van der Waals surface area contributed by atoms with Gasteiger partial charge in [-0.25, -0.2) is 0 Å². The van der Waals surface area contributed by atoms with Crippen LogP contribution in [0.15, 0.2) is 81.5 Å². The normalized spacial score (nSPS) is 13.6. The van der Waals surface area contributed by atoms with Crippen LogP contribution in [0.2, 0.25) is 5.02 Å². The highest BCUT2D eigenvalue weighted by Crippen LogP contribution is 2.41. The fourth-order valence-electron chi connectivity index (χ4n) is 3.17. The SMILES string of the molecule is CC1=Nc2cc(C(=O)N[C@H](C)c3ccccc3)ccc2Sc2ccc(Cl)cc21. The molecule has 0 aliphatic carbocycles. The Balaban J connectivity index is 1.62. The molecule has 3 nitrogen and oxygen atoms in total. The Labute approximate surface area is 173 Å². The highest BCUT2D eigenvalue weighted by atomic mass is 35.5. The molecule has 0 spiro atoms. The van der Waals surface area contributed by atoms with Crippen molar-refractivity contribution in [1.29, 1.82) is 0 Å². The van der Waals surface area contributed by atoms with Crippen molar-refractivity contribution >= 4 is 40.7 Å². The summed E-state index contributed by atoms with van der Waals surface area (Å²) >= 11 is 7.80. The quantitative estimate of drug-likeness (QED) is 0.544. The summed E-state index contributed by atoms with van der Waals surface area (Å²) in [7, 11) is 0. The zero-order chi connectivity index (χ0) is 19.7. The molecule has 3 aromatic carbocycles. The molecule has 0 aromatic heterocycles. The van der Waals surface area contributed by atoms with E-state index in [9.17, 15) is 4.79 Å². The molecule has 1 heterocycles. The van der Waals surface area contributed by atoms with E-state index in [1.165, 1.54) is 0 Å². The highest BCUT2D eigenvalue weighted by Gasteiger charge is 2.18. The molecule has 0 bridgehead atoms. The van der Waals surface area contributed by atoms with E-state index < -0.39 is 0 Å². The molecular formula is C23H19ClN2OS. The minimum Gasteiger partial charge on any atom is -0.346 e. The van der Waals surface area contributed by atoms with Gasteiger partial charge < -0.3 is 5.32 Å². The van der Waals surface area contributed by atoms with Gasteiger partial charge in [-0.05, 0) is 55.8 Å². The largest absolute Gasteiger partial charge is 0.346 e. The molecule has 3 aromatic rings. The lowest BCUT2D eigenvalue weighted by Gasteiger charge is -2.15. The fraction of sp³-hybridized carbons (Fsp3) is 0.130. The first kappa shape index (κ1) is 18.8. The lowest BCUT2D eigenvalue weighted by atomic mass is 10.1. The molecule has 1 aliphatic heterocycles. The standard InChI is InChI=1S/C23H19ClN2OS/c1-14(16-6-4-3-5-7-16)26-23(27)17-8-10-22-20(12-17)25-15(2)19-13-18(24)9-11-21(19)28-22/h3-14H,1-2H3,(H,26,27)/t14-/m1/s1. The molecule has 1 atom stereocenters. The van der Waals surface area contributed by atoms with Gasteiger partial charge in [-0.2, -0.15) is 0 Å². The first-order valence-electron chi connectivity index (χ1n) is 9.04. The maximum Gasteiger partial charge on any atom is 0.251 e. The van der Waals surface area contributed by atoms with Gasteiger partial charge in [0.15, 0.2) is 0 Å². The lowest BCUT2D eigenvalue weighted by molar-refractivity contribution is 0.0940. The predicted octanol–water partition coefficient (Wildman–Crippen LogP) is 6.44. The number of amides is 1. The molecule has 1 amide bonds. The summed E-state index contributed by atoms with van der Waals surface area (Å²) in [5.74, 6) is -0.109. The average molecular weight is 407 g/mol. The van der Waals surface area contributed by atoms with E-state index in [-0.39, 0.29) is 11.9 Å². The van der Waals surface area contributed by atoms with Crippen molar-refractivity contribution in [2.45, 2.75) is 29.7 Å².